The number of rotatable bonds is 7. The van der Waals surface area contributed by atoms with Crippen LogP contribution in [0.4, 0.5) is 0 Å². The minimum Gasteiger partial charge on any atom is -0.368 e. The van der Waals surface area contributed by atoms with Crippen LogP contribution in [0.1, 0.15) is 39.0 Å². The molecule has 1 heterocycles. The monoisotopic (exact) mass is 228 g/mol. The number of hydrogen-bond donors (Lipinski definition) is 2. The topological polar surface area (TPSA) is 64.3 Å². The quantitative estimate of drug-likeness (QED) is 0.684. The molecule has 1 fully saturated rings. The van der Waals surface area contributed by atoms with Crippen LogP contribution < -0.4 is 11.1 Å². The number of amides is 1. The van der Waals surface area contributed by atoms with Crippen LogP contribution in [-0.4, -0.2) is 31.7 Å². The van der Waals surface area contributed by atoms with Crippen LogP contribution in [0.25, 0.3) is 0 Å². The molecule has 0 aromatic heterocycles. The summed E-state index contributed by atoms with van der Waals surface area (Å²) in [4.78, 5) is 11.7. The molecule has 0 aliphatic carbocycles. The van der Waals surface area contributed by atoms with E-state index in [1.54, 1.807) is 0 Å². The van der Waals surface area contributed by atoms with Gasteiger partial charge < -0.3 is 15.8 Å². The molecule has 0 aromatic rings. The molecular weight excluding hydrogens is 204 g/mol. The van der Waals surface area contributed by atoms with Gasteiger partial charge in [-0.1, -0.05) is 13.3 Å². The van der Waals surface area contributed by atoms with E-state index in [0.29, 0.717) is 12.5 Å². The lowest BCUT2D eigenvalue weighted by Crippen LogP contribution is -2.37. The molecule has 94 valence electrons. The van der Waals surface area contributed by atoms with Crippen molar-refractivity contribution < 1.29 is 9.53 Å². The van der Waals surface area contributed by atoms with Crippen LogP contribution in [0.2, 0.25) is 0 Å². The van der Waals surface area contributed by atoms with Crippen molar-refractivity contribution in [2.75, 3.05) is 19.7 Å². The molecular formula is C12H24N2O2. The van der Waals surface area contributed by atoms with Crippen molar-refractivity contribution in [3.8, 4) is 0 Å². The fourth-order valence-corrected chi connectivity index (χ4v) is 2.14. The van der Waals surface area contributed by atoms with Crippen LogP contribution in [0, 0.1) is 5.92 Å². The smallest absolute Gasteiger partial charge is 0.249 e. The van der Waals surface area contributed by atoms with Crippen molar-refractivity contribution in [2.45, 2.75) is 45.1 Å². The minimum absolute atomic E-state index is 0.0515. The molecule has 0 bridgehead atoms. The van der Waals surface area contributed by atoms with Gasteiger partial charge in [0.2, 0.25) is 5.91 Å². The van der Waals surface area contributed by atoms with Crippen LogP contribution in [0.5, 0.6) is 0 Å². The summed E-state index contributed by atoms with van der Waals surface area (Å²) in [5.41, 5.74) is 5.55. The number of nitrogens with one attached hydrogen (secondary N) is 1. The maximum Gasteiger partial charge on any atom is 0.249 e. The van der Waals surface area contributed by atoms with Crippen molar-refractivity contribution in [3.05, 3.63) is 0 Å². The average Bonchev–Trinajstić information content (AvgIpc) is 2.79. The molecule has 2 atom stereocenters. The Hall–Kier alpha value is -0.610. The zero-order chi connectivity index (χ0) is 11.8. The van der Waals surface area contributed by atoms with Gasteiger partial charge in [-0.15, -0.1) is 0 Å². The third kappa shape index (κ3) is 4.49. The molecule has 4 heteroatoms. The maximum absolute atomic E-state index is 11.7. The molecule has 1 rings (SSSR count). The summed E-state index contributed by atoms with van der Waals surface area (Å²) in [5, 5.41) is 2.97. The molecule has 0 saturated carbocycles. The van der Waals surface area contributed by atoms with Gasteiger partial charge >= 0.3 is 0 Å². The lowest BCUT2D eigenvalue weighted by atomic mass is 10.00. The van der Waals surface area contributed by atoms with Crippen LogP contribution >= 0.6 is 0 Å². The molecule has 3 N–H and O–H groups in total. The number of carbonyl (C=O) groups is 1. The second kappa shape index (κ2) is 7.63. The SMILES string of the molecule is CCCC(CCN)CNC(=O)C1CCCO1. The largest absolute Gasteiger partial charge is 0.368 e. The highest BCUT2D eigenvalue weighted by Crippen LogP contribution is 2.13. The second-order valence-electron chi connectivity index (χ2n) is 4.48. The van der Waals surface area contributed by atoms with E-state index in [1.165, 1.54) is 0 Å². The van der Waals surface area contributed by atoms with Gasteiger partial charge in [0.15, 0.2) is 0 Å². The van der Waals surface area contributed by atoms with Crippen molar-refractivity contribution in [3.63, 3.8) is 0 Å². The van der Waals surface area contributed by atoms with Gasteiger partial charge in [-0.3, -0.25) is 4.79 Å². The zero-order valence-corrected chi connectivity index (χ0v) is 10.2. The summed E-state index contributed by atoms with van der Waals surface area (Å²) >= 11 is 0. The van der Waals surface area contributed by atoms with E-state index in [0.717, 1.165) is 45.3 Å². The molecule has 0 spiro atoms. The van der Waals surface area contributed by atoms with Crippen LogP contribution in [0.3, 0.4) is 0 Å². The fourth-order valence-electron chi connectivity index (χ4n) is 2.14. The minimum atomic E-state index is -0.208. The molecule has 1 aliphatic heterocycles. The van der Waals surface area contributed by atoms with E-state index in [4.69, 9.17) is 10.5 Å². The Balaban J connectivity index is 2.21. The van der Waals surface area contributed by atoms with Gasteiger partial charge in [-0.2, -0.15) is 0 Å². The Morgan fingerprint density at radius 2 is 2.38 bits per heavy atom. The Kier molecular flexibility index (Phi) is 6.42. The van der Waals surface area contributed by atoms with Crippen molar-refractivity contribution in [2.24, 2.45) is 11.7 Å². The van der Waals surface area contributed by atoms with E-state index in [9.17, 15) is 4.79 Å². The zero-order valence-electron chi connectivity index (χ0n) is 10.2. The Morgan fingerprint density at radius 3 is 2.94 bits per heavy atom. The molecule has 0 aromatic carbocycles. The van der Waals surface area contributed by atoms with Crippen LogP contribution in [0.15, 0.2) is 0 Å². The predicted molar refractivity (Wildman–Crippen MR) is 64.1 cm³/mol. The van der Waals surface area contributed by atoms with Crippen LogP contribution in [-0.2, 0) is 9.53 Å². The first-order valence-electron chi connectivity index (χ1n) is 6.37. The van der Waals surface area contributed by atoms with Gasteiger partial charge in [-0.25, -0.2) is 0 Å². The number of hydrogen-bond acceptors (Lipinski definition) is 3. The first-order chi connectivity index (χ1) is 7.77. The summed E-state index contributed by atoms with van der Waals surface area (Å²) in [6, 6.07) is 0. The summed E-state index contributed by atoms with van der Waals surface area (Å²) < 4.78 is 5.33. The normalized spacial score (nSPS) is 22.0. The average molecular weight is 228 g/mol. The standard InChI is InChI=1S/C12H24N2O2/c1-2-4-10(6-7-13)9-14-12(15)11-5-3-8-16-11/h10-11H,2-9,13H2,1H3,(H,14,15). The summed E-state index contributed by atoms with van der Waals surface area (Å²) in [6.07, 6.45) is 4.91. The second-order valence-corrected chi connectivity index (χ2v) is 4.48. The Labute approximate surface area is 97.9 Å². The molecule has 1 amide bonds. The predicted octanol–water partition coefficient (Wildman–Crippen LogP) is 1.05. The number of nitrogens with two attached hydrogens (primary N) is 1. The fraction of sp³-hybridized carbons (Fsp3) is 0.917. The van der Waals surface area contributed by atoms with Gasteiger partial charge in [0.1, 0.15) is 6.10 Å². The van der Waals surface area contributed by atoms with Gasteiger partial charge in [-0.05, 0) is 38.1 Å². The maximum atomic E-state index is 11.7. The van der Waals surface area contributed by atoms with Crippen molar-refractivity contribution in [1.82, 2.24) is 5.32 Å². The highest BCUT2D eigenvalue weighted by atomic mass is 16.5. The van der Waals surface area contributed by atoms with E-state index < -0.39 is 0 Å². The Bertz CT molecular complexity index is 197. The lowest BCUT2D eigenvalue weighted by Gasteiger charge is -2.17. The van der Waals surface area contributed by atoms with E-state index in [1.807, 2.05) is 0 Å². The third-order valence-electron chi connectivity index (χ3n) is 3.06. The lowest BCUT2D eigenvalue weighted by molar-refractivity contribution is -0.130. The first-order valence-corrected chi connectivity index (χ1v) is 6.37. The summed E-state index contributed by atoms with van der Waals surface area (Å²) in [7, 11) is 0. The first kappa shape index (κ1) is 13.5. The molecule has 0 radical (unpaired) electrons. The summed E-state index contributed by atoms with van der Waals surface area (Å²) in [6.45, 7) is 4.31. The molecule has 1 aliphatic rings. The van der Waals surface area contributed by atoms with Gasteiger partial charge in [0.05, 0.1) is 0 Å². The van der Waals surface area contributed by atoms with E-state index >= 15 is 0 Å². The summed E-state index contributed by atoms with van der Waals surface area (Å²) in [5.74, 6) is 0.566. The third-order valence-corrected chi connectivity index (χ3v) is 3.06. The molecule has 1 saturated heterocycles. The van der Waals surface area contributed by atoms with Gasteiger partial charge in [0, 0.05) is 13.2 Å². The van der Waals surface area contributed by atoms with E-state index in [2.05, 4.69) is 12.2 Å². The highest BCUT2D eigenvalue weighted by Gasteiger charge is 2.23. The molecule has 16 heavy (non-hydrogen) atoms. The molecule has 4 nitrogen and oxygen atoms in total. The van der Waals surface area contributed by atoms with Crippen molar-refractivity contribution >= 4 is 5.91 Å². The number of ether oxygens (including phenoxy) is 1. The Morgan fingerprint density at radius 1 is 1.56 bits per heavy atom. The number of carbonyl (C=O) groups excluding carboxylic acids is 1. The highest BCUT2D eigenvalue weighted by molar-refractivity contribution is 5.80. The van der Waals surface area contributed by atoms with Crippen molar-refractivity contribution in [1.29, 1.82) is 0 Å². The van der Waals surface area contributed by atoms with E-state index in [-0.39, 0.29) is 12.0 Å². The van der Waals surface area contributed by atoms with Gasteiger partial charge in [0.25, 0.3) is 0 Å². The molecule has 2 unspecified atom stereocenters.